The largest absolute Gasteiger partial charge is 0.507 e. The van der Waals surface area contributed by atoms with E-state index in [2.05, 4.69) is 0 Å². The summed E-state index contributed by atoms with van der Waals surface area (Å²) in [5.74, 6) is -1.78. The van der Waals surface area contributed by atoms with Crippen LogP contribution in [-0.4, -0.2) is 45.9 Å². The maximum Gasteiger partial charge on any atom is 0.295 e. The number of thiophene rings is 1. The predicted molar refractivity (Wildman–Crippen MR) is 117 cm³/mol. The summed E-state index contributed by atoms with van der Waals surface area (Å²) in [5, 5.41) is 23.7. The number of benzene rings is 1. The lowest BCUT2D eigenvalue weighted by atomic mass is 9.98. The van der Waals surface area contributed by atoms with Gasteiger partial charge in [0.25, 0.3) is 17.4 Å². The molecule has 0 spiro atoms. The lowest BCUT2D eigenvalue weighted by Gasteiger charge is -2.25. The fraction of sp³-hybridized carbons (Fsp3) is 0.364. The van der Waals surface area contributed by atoms with Crippen molar-refractivity contribution in [2.45, 2.75) is 39.3 Å². The first-order valence-electron chi connectivity index (χ1n) is 9.91. The van der Waals surface area contributed by atoms with Crippen molar-refractivity contribution in [1.82, 2.24) is 4.90 Å². The minimum atomic E-state index is -0.765. The van der Waals surface area contributed by atoms with Crippen LogP contribution in [-0.2, 0) is 14.3 Å². The molecular weight excluding hydrogens is 420 g/mol. The molecule has 8 nitrogen and oxygen atoms in total. The van der Waals surface area contributed by atoms with E-state index in [-0.39, 0.29) is 28.7 Å². The molecule has 2 aromatic rings. The second-order valence-electron chi connectivity index (χ2n) is 7.54. The Morgan fingerprint density at radius 3 is 2.48 bits per heavy atom. The van der Waals surface area contributed by atoms with Crippen molar-refractivity contribution in [3.63, 3.8) is 0 Å². The van der Waals surface area contributed by atoms with E-state index in [0.29, 0.717) is 19.6 Å². The topological polar surface area (TPSA) is 110 Å². The zero-order chi connectivity index (χ0) is 22.7. The third-order valence-corrected chi connectivity index (χ3v) is 6.11. The Balaban J connectivity index is 2.01. The molecule has 31 heavy (non-hydrogen) atoms. The van der Waals surface area contributed by atoms with Crippen molar-refractivity contribution in [3.8, 4) is 0 Å². The number of nitro benzene ring substituents is 1. The molecule has 3 rings (SSSR count). The average Bonchev–Trinajstić information content (AvgIpc) is 3.26. The summed E-state index contributed by atoms with van der Waals surface area (Å²) in [6.07, 6.45) is 0.608. The molecule has 0 aliphatic carbocycles. The van der Waals surface area contributed by atoms with E-state index in [4.69, 9.17) is 4.74 Å². The molecule has 1 aliphatic heterocycles. The van der Waals surface area contributed by atoms with Gasteiger partial charge in [0.2, 0.25) is 0 Å². The van der Waals surface area contributed by atoms with Gasteiger partial charge in [0.05, 0.1) is 22.6 Å². The van der Waals surface area contributed by atoms with Gasteiger partial charge in [0, 0.05) is 35.7 Å². The first-order valence-corrected chi connectivity index (χ1v) is 10.8. The van der Waals surface area contributed by atoms with E-state index in [0.717, 1.165) is 10.4 Å². The van der Waals surface area contributed by atoms with Gasteiger partial charge < -0.3 is 14.7 Å². The zero-order valence-corrected chi connectivity index (χ0v) is 18.3. The quantitative estimate of drug-likeness (QED) is 0.163. The van der Waals surface area contributed by atoms with Gasteiger partial charge in [-0.15, -0.1) is 11.3 Å². The molecule has 1 atom stereocenters. The summed E-state index contributed by atoms with van der Waals surface area (Å²) < 4.78 is 5.55. The normalized spacial score (nSPS) is 18.2. The maximum absolute atomic E-state index is 12.9. The van der Waals surface area contributed by atoms with Gasteiger partial charge in [0.1, 0.15) is 5.76 Å². The van der Waals surface area contributed by atoms with Crippen LogP contribution in [0, 0.1) is 17.0 Å². The van der Waals surface area contributed by atoms with Crippen LogP contribution in [0.25, 0.3) is 5.76 Å². The van der Waals surface area contributed by atoms with E-state index >= 15 is 0 Å². The number of aliphatic hydroxyl groups is 1. The number of aliphatic hydroxyl groups excluding tert-OH is 1. The number of aryl methyl sites for hydroxylation is 1. The highest BCUT2D eigenvalue weighted by Gasteiger charge is 2.46. The van der Waals surface area contributed by atoms with Crippen LogP contribution in [0.15, 0.2) is 41.3 Å². The van der Waals surface area contributed by atoms with Crippen molar-refractivity contribution >= 4 is 34.5 Å². The zero-order valence-electron chi connectivity index (χ0n) is 17.5. The molecule has 9 heteroatoms. The Kier molecular flexibility index (Phi) is 6.87. The highest BCUT2D eigenvalue weighted by molar-refractivity contribution is 7.10. The Bertz CT molecular complexity index is 1020. The molecule has 1 N–H and O–H groups in total. The summed E-state index contributed by atoms with van der Waals surface area (Å²) in [4.78, 5) is 38.4. The van der Waals surface area contributed by atoms with Crippen molar-refractivity contribution in [1.29, 1.82) is 0 Å². The molecule has 164 valence electrons. The number of nitro groups is 1. The average molecular weight is 445 g/mol. The van der Waals surface area contributed by atoms with E-state index < -0.39 is 22.7 Å². The van der Waals surface area contributed by atoms with Gasteiger partial charge in [-0.2, -0.15) is 0 Å². The molecule has 1 aromatic carbocycles. The van der Waals surface area contributed by atoms with Crippen LogP contribution in [0.4, 0.5) is 5.69 Å². The van der Waals surface area contributed by atoms with Crippen LogP contribution < -0.4 is 0 Å². The Morgan fingerprint density at radius 1 is 1.26 bits per heavy atom. The minimum absolute atomic E-state index is 0.00539. The van der Waals surface area contributed by atoms with Crippen molar-refractivity contribution < 1.29 is 24.4 Å². The van der Waals surface area contributed by atoms with Crippen molar-refractivity contribution in [2.75, 3.05) is 13.2 Å². The number of rotatable bonds is 8. The molecule has 1 fully saturated rings. The van der Waals surface area contributed by atoms with Crippen LogP contribution in [0.1, 0.15) is 42.3 Å². The molecule has 0 saturated carbocycles. The maximum atomic E-state index is 12.9. The molecule has 0 radical (unpaired) electrons. The number of hydrogen-bond acceptors (Lipinski definition) is 7. The highest BCUT2D eigenvalue weighted by atomic mass is 32.1. The van der Waals surface area contributed by atoms with E-state index in [1.165, 1.54) is 40.5 Å². The predicted octanol–water partition coefficient (Wildman–Crippen LogP) is 4.20. The molecule has 1 aromatic heterocycles. The molecule has 2 heterocycles. The second kappa shape index (κ2) is 9.40. The number of Topliss-reactive ketones (excluding diaryl/α,β-unsaturated/α-hetero) is 1. The van der Waals surface area contributed by atoms with Crippen molar-refractivity contribution in [3.05, 3.63) is 67.4 Å². The highest BCUT2D eigenvalue weighted by Crippen LogP contribution is 2.42. The van der Waals surface area contributed by atoms with Gasteiger partial charge in [0.15, 0.2) is 0 Å². The molecule has 1 aliphatic rings. The fourth-order valence-corrected chi connectivity index (χ4v) is 4.54. The lowest BCUT2D eigenvalue weighted by molar-refractivity contribution is -0.384. The van der Waals surface area contributed by atoms with Crippen LogP contribution in [0.5, 0.6) is 0 Å². The monoisotopic (exact) mass is 444 g/mol. The van der Waals surface area contributed by atoms with Crippen LogP contribution in [0.3, 0.4) is 0 Å². The molecule has 1 unspecified atom stereocenters. The first-order chi connectivity index (χ1) is 14.7. The fourth-order valence-electron chi connectivity index (χ4n) is 3.50. The number of non-ortho nitro benzene ring substituents is 1. The number of ketones is 1. The van der Waals surface area contributed by atoms with Crippen LogP contribution in [0.2, 0.25) is 0 Å². The summed E-state index contributed by atoms with van der Waals surface area (Å²) in [5.41, 5.74) is 1.02. The molecule has 1 amide bonds. The summed E-state index contributed by atoms with van der Waals surface area (Å²) in [6, 6.07) is 6.42. The number of nitrogens with zero attached hydrogens (tertiary/aromatic N) is 2. The number of carbonyl (C=O) groups excluding carboxylic acids is 2. The minimum Gasteiger partial charge on any atom is -0.507 e. The summed E-state index contributed by atoms with van der Waals surface area (Å²) in [6.45, 7) is 6.48. The SMILES string of the molecule is Cc1ccsc1C1/C(=C(/O)c2ccc([N+](=O)[O-])cc2)C(=O)C(=O)N1CCCOC(C)C. The summed E-state index contributed by atoms with van der Waals surface area (Å²) in [7, 11) is 0. The van der Waals surface area contributed by atoms with Gasteiger partial charge in [-0.1, -0.05) is 0 Å². The Morgan fingerprint density at radius 2 is 1.94 bits per heavy atom. The molecule has 1 saturated heterocycles. The van der Waals surface area contributed by atoms with Gasteiger partial charge >= 0.3 is 0 Å². The number of amides is 1. The first kappa shape index (κ1) is 22.6. The standard InChI is InChI=1S/C22H24N2O6S/c1-13(2)30-11-4-10-23-18(21-14(3)9-12-31-21)17(20(26)22(23)27)19(25)15-5-7-16(8-6-15)24(28)29/h5-9,12-13,18,25H,4,10-11H2,1-3H3/b19-17-. The number of ether oxygens (including phenoxy) is 1. The van der Waals surface area contributed by atoms with Gasteiger partial charge in [-0.25, -0.2) is 0 Å². The summed E-state index contributed by atoms with van der Waals surface area (Å²) >= 11 is 1.41. The van der Waals surface area contributed by atoms with E-state index in [1.54, 1.807) is 0 Å². The lowest BCUT2D eigenvalue weighted by Crippen LogP contribution is -2.31. The smallest absolute Gasteiger partial charge is 0.295 e. The molecule has 0 bridgehead atoms. The van der Waals surface area contributed by atoms with E-state index in [9.17, 15) is 24.8 Å². The van der Waals surface area contributed by atoms with Crippen LogP contribution >= 0.6 is 11.3 Å². The third kappa shape index (κ3) is 4.67. The Labute approximate surface area is 183 Å². The van der Waals surface area contributed by atoms with Crippen molar-refractivity contribution in [2.24, 2.45) is 0 Å². The Hall–Kier alpha value is -3.04. The van der Waals surface area contributed by atoms with E-state index in [1.807, 2.05) is 32.2 Å². The number of likely N-dealkylation sites (tertiary alicyclic amines) is 1. The molecular formula is C22H24N2O6S. The third-order valence-electron chi connectivity index (χ3n) is 5.04. The number of carbonyl (C=O) groups is 2. The van der Waals surface area contributed by atoms with Gasteiger partial charge in [-0.3, -0.25) is 19.7 Å². The van der Waals surface area contributed by atoms with Gasteiger partial charge in [-0.05, 0) is 56.3 Å². The number of hydrogen-bond donors (Lipinski definition) is 1. The second-order valence-corrected chi connectivity index (χ2v) is 8.49.